The van der Waals surface area contributed by atoms with Crippen LogP contribution in [0.2, 0.25) is 0 Å². The third-order valence-corrected chi connectivity index (χ3v) is 5.91. The number of aromatic nitrogens is 2. The van der Waals surface area contributed by atoms with E-state index in [4.69, 9.17) is 5.10 Å². The molecule has 1 fully saturated rings. The van der Waals surface area contributed by atoms with Gasteiger partial charge in [-0.05, 0) is 44.0 Å². The number of hydrogen-bond donors (Lipinski definition) is 1. The van der Waals surface area contributed by atoms with Gasteiger partial charge in [0, 0.05) is 30.4 Å². The van der Waals surface area contributed by atoms with E-state index in [0.717, 1.165) is 35.5 Å². The van der Waals surface area contributed by atoms with Gasteiger partial charge in [-0.2, -0.15) is 5.10 Å². The lowest BCUT2D eigenvalue weighted by molar-refractivity contribution is -0.147. The van der Waals surface area contributed by atoms with Crippen LogP contribution in [0.25, 0.3) is 16.9 Å². The van der Waals surface area contributed by atoms with E-state index in [0.29, 0.717) is 19.5 Å². The molecule has 2 aromatic carbocycles. The van der Waals surface area contributed by atoms with Crippen molar-refractivity contribution >= 4 is 5.97 Å². The molecule has 0 saturated carbocycles. The van der Waals surface area contributed by atoms with Crippen molar-refractivity contribution < 1.29 is 9.90 Å². The molecule has 1 aliphatic rings. The normalized spacial score (nSPS) is 19.5. The Bertz CT molecular complexity index is 995. The molecular formula is C24H27N3O2. The van der Waals surface area contributed by atoms with Gasteiger partial charge >= 0.3 is 5.97 Å². The van der Waals surface area contributed by atoms with Gasteiger partial charge < -0.3 is 5.11 Å². The van der Waals surface area contributed by atoms with Crippen molar-refractivity contribution in [1.29, 1.82) is 0 Å². The zero-order valence-electron chi connectivity index (χ0n) is 17.0. The highest BCUT2D eigenvalue weighted by Gasteiger charge is 2.40. The van der Waals surface area contributed by atoms with Crippen LogP contribution in [-0.2, 0) is 17.8 Å². The number of likely N-dealkylation sites (tertiary alicyclic amines) is 1. The molecule has 0 amide bonds. The predicted octanol–water partition coefficient (Wildman–Crippen LogP) is 4.40. The topological polar surface area (TPSA) is 58.4 Å². The minimum absolute atomic E-state index is 0.563. The maximum absolute atomic E-state index is 11.6. The van der Waals surface area contributed by atoms with Gasteiger partial charge in [-0.3, -0.25) is 9.69 Å². The summed E-state index contributed by atoms with van der Waals surface area (Å²) in [6, 6.07) is 18.6. The number of carbonyl (C=O) groups is 1. The lowest BCUT2D eigenvalue weighted by Gasteiger charge is -2.20. The Labute approximate surface area is 171 Å². The molecule has 0 spiro atoms. The predicted molar refractivity (Wildman–Crippen MR) is 114 cm³/mol. The Hall–Kier alpha value is -2.92. The quantitative estimate of drug-likeness (QED) is 0.679. The second-order valence-corrected chi connectivity index (χ2v) is 8.16. The highest BCUT2D eigenvalue weighted by Crippen LogP contribution is 2.33. The van der Waals surface area contributed by atoms with Crippen molar-refractivity contribution in [2.45, 2.75) is 33.2 Å². The number of rotatable bonds is 6. The van der Waals surface area contributed by atoms with Gasteiger partial charge in [0.2, 0.25) is 0 Å². The Morgan fingerprint density at radius 1 is 1.14 bits per heavy atom. The van der Waals surface area contributed by atoms with Gasteiger partial charge in [-0.15, -0.1) is 0 Å². The number of aliphatic carboxylic acids is 1. The van der Waals surface area contributed by atoms with Crippen LogP contribution in [0.1, 0.15) is 31.4 Å². The maximum atomic E-state index is 11.6. The van der Waals surface area contributed by atoms with Gasteiger partial charge in [-0.1, -0.05) is 49.4 Å². The van der Waals surface area contributed by atoms with Gasteiger partial charge in [0.25, 0.3) is 0 Å². The molecule has 2 heterocycles. The van der Waals surface area contributed by atoms with Crippen LogP contribution in [0.3, 0.4) is 0 Å². The first-order valence-electron chi connectivity index (χ1n) is 10.2. The fourth-order valence-electron chi connectivity index (χ4n) is 3.99. The van der Waals surface area contributed by atoms with E-state index in [1.807, 2.05) is 41.9 Å². The third kappa shape index (κ3) is 3.96. The van der Waals surface area contributed by atoms with Gasteiger partial charge in [-0.25, -0.2) is 4.68 Å². The molecule has 1 saturated heterocycles. The van der Waals surface area contributed by atoms with Crippen molar-refractivity contribution in [2.24, 2.45) is 5.41 Å². The molecule has 1 atom stereocenters. The van der Waals surface area contributed by atoms with E-state index in [9.17, 15) is 9.90 Å². The molecular weight excluding hydrogens is 362 g/mol. The number of hydrogen-bond acceptors (Lipinski definition) is 3. The molecule has 0 bridgehead atoms. The Morgan fingerprint density at radius 2 is 1.86 bits per heavy atom. The van der Waals surface area contributed by atoms with Crippen molar-refractivity contribution in [2.75, 3.05) is 13.1 Å². The summed E-state index contributed by atoms with van der Waals surface area (Å²) in [5, 5.41) is 14.4. The van der Waals surface area contributed by atoms with Crippen LogP contribution in [0.15, 0.2) is 60.8 Å². The number of aryl methyl sites for hydroxylation is 1. The molecule has 150 valence electrons. The number of nitrogens with zero attached hydrogens (tertiary/aromatic N) is 3. The molecule has 1 N–H and O–H groups in total. The van der Waals surface area contributed by atoms with E-state index in [1.165, 1.54) is 5.56 Å². The van der Waals surface area contributed by atoms with Crippen LogP contribution < -0.4 is 0 Å². The molecule has 5 nitrogen and oxygen atoms in total. The van der Waals surface area contributed by atoms with Crippen LogP contribution in [0, 0.1) is 5.41 Å². The standard InChI is InChI=1S/C24H27N3O2/c1-3-18-9-11-19(12-10-18)22-20(15-26-14-13-24(2,17-26)23(28)29)16-27(25-22)21-7-5-4-6-8-21/h4-12,16H,3,13-15,17H2,1-2H3,(H,28,29). The van der Waals surface area contributed by atoms with Crippen molar-refractivity contribution in [3.05, 3.63) is 71.9 Å². The summed E-state index contributed by atoms with van der Waals surface area (Å²) < 4.78 is 1.92. The smallest absolute Gasteiger partial charge is 0.310 e. The summed E-state index contributed by atoms with van der Waals surface area (Å²) in [5.74, 6) is -0.713. The number of benzene rings is 2. The number of carboxylic acids is 1. The maximum Gasteiger partial charge on any atom is 0.310 e. The van der Waals surface area contributed by atoms with E-state index in [-0.39, 0.29) is 0 Å². The van der Waals surface area contributed by atoms with Crippen molar-refractivity contribution in [1.82, 2.24) is 14.7 Å². The summed E-state index contributed by atoms with van der Waals surface area (Å²) in [5.41, 5.74) is 4.81. The molecule has 3 aromatic rings. The van der Waals surface area contributed by atoms with Crippen molar-refractivity contribution in [3.63, 3.8) is 0 Å². The number of carboxylic acid groups (broad SMARTS) is 1. The SMILES string of the molecule is CCc1ccc(-c2nn(-c3ccccc3)cc2CN2CCC(C)(C(=O)O)C2)cc1. The molecule has 1 aromatic heterocycles. The van der Waals surface area contributed by atoms with Crippen LogP contribution in [-0.4, -0.2) is 38.8 Å². The summed E-state index contributed by atoms with van der Waals surface area (Å²) in [4.78, 5) is 13.8. The van der Waals surface area contributed by atoms with Gasteiger partial charge in [0.05, 0.1) is 16.8 Å². The second-order valence-electron chi connectivity index (χ2n) is 8.16. The van der Waals surface area contributed by atoms with Crippen molar-refractivity contribution in [3.8, 4) is 16.9 Å². The summed E-state index contributed by atoms with van der Waals surface area (Å²) in [6.07, 6.45) is 3.76. The molecule has 0 radical (unpaired) electrons. The first-order valence-corrected chi connectivity index (χ1v) is 10.2. The first-order chi connectivity index (χ1) is 14.0. The Balaban J connectivity index is 1.67. The van der Waals surface area contributed by atoms with E-state index >= 15 is 0 Å². The lowest BCUT2D eigenvalue weighted by Crippen LogP contribution is -2.31. The average molecular weight is 389 g/mol. The Morgan fingerprint density at radius 3 is 2.48 bits per heavy atom. The third-order valence-electron chi connectivity index (χ3n) is 5.91. The number of para-hydroxylation sites is 1. The van der Waals surface area contributed by atoms with Crippen LogP contribution >= 0.6 is 0 Å². The van der Waals surface area contributed by atoms with Crippen LogP contribution in [0.4, 0.5) is 0 Å². The van der Waals surface area contributed by atoms with Crippen LogP contribution in [0.5, 0.6) is 0 Å². The molecule has 29 heavy (non-hydrogen) atoms. The molecule has 1 unspecified atom stereocenters. The summed E-state index contributed by atoms with van der Waals surface area (Å²) >= 11 is 0. The zero-order chi connectivity index (χ0) is 20.4. The van der Waals surface area contributed by atoms with E-state index < -0.39 is 11.4 Å². The fraction of sp³-hybridized carbons (Fsp3) is 0.333. The van der Waals surface area contributed by atoms with E-state index in [2.05, 4.69) is 42.3 Å². The Kier molecular flexibility index (Phi) is 5.24. The summed E-state index contributed by atoms with van der Waals surface area (Å²) in [6.45, 7) is 6.03. The fourth-order valence-corrected chi connectivity index (χ4v) is 3.99. The van der Waals surface area contributed by atoms with Gasteiger partial charge in [0.15, 0.2) is 0 Å². The summed E-state index contributed by atoms with van der Waals surface area (Å²) in [7, 11) is 0. The zero-order valence-corrected chi connectivity index (χ0v) is 17.0. The molecule has 5 heteroatoms. The molecule has 0 aliphatic carbocycles. The second kappa shape index (κ2) is 7.84. The molecule has 4 rings (SSSR count). The average Bonchev–Trinajstić information content (AvgIpc) is 3.34. The highest BCUT2D eigenvalue weighted by molar-refractivity contribution is 5.75. The largest absolute Gasteiger partial charge is 0.481 e. The first kappa shape index (κ1) is 19.4. The molecule has 1 aliphatic heterocycles. The van der Waals surface area contributed by atoms with E-state index in [1.54, 1.807) is 0 Å². The monoisotopic (exact) mass is 389 g/mol. The minimum atomic E-state index is -0.713. The lowest BCUT2D eigenvalue weighted by atomic mass is 9.90. The van der Waals surface area contributed by atoms with Gasteiger partial charge in [0.1, 0.15) is 0 Å². The minimum Gasteiger partial charge on any atom is -0.481 e. The highest BCUT2D eigenvalue weighted by atomic mass is 16.4.